The van der Waals surface area contributed by atoms with Crippen LogP contribution >= 0.6 is 0 Å². The third kappa shape index (κ3) is 2.24. The Labute approximate surface area is 124 Å². The molecule has 4 heteroatoms. The van der Waals surface area contributed by atoms with E-state index in [1.165, 1.54) is 17.8 Å². The van der Waals surface area contributed by atoms with Gasteiger partial charge in [-0.2, -0.15) is 0 Å². The summed E-state index contributed by atoms with van der Waals surface area (Å²) in [5.41, 5.74) is 3.65. The number of hydrogen-bond donors (Lipinski definition) is 0. The summed E-state index contributed by atoms with van der Waals surface area (Å²) in [4.78, 5) is 14.6. The Morgan fingerprint density at radius 1 is 1.19 bits per heavy atom. The van der Waals surface area contributed by atoms with Crippen LogP contribution in [0.3, 0.4) is 0 Å². The van der Waals surface area contributed by atoms with Gasteiger partial charge in [0.2, 0.25) is 0 Å². The van der Waals surface area contributed by atoms with E-state index in [9.17, 15) is 9.18 Å². The van der Waals surface area contributed by atoms with Crippen LogP contribution in [0.1, 0.15) is 40.3 Å². The molecule has 1 amide bonds. The topological polar surface area (TPSA) is 25.2 Å². The number of benzene rings is 1. The summed E-state index contributed by atoms with van der Waals surface area (Å²) in [6.07, 6.45) is 0. The van der Waals surface area contributed by atoms with Gasteiger partial charge in [-0.05, 0) is 56.7 Å². The van der Waals surface area contributed by atoms with Crippen LogP contribution in [0.5, 0.6) is 0 Å². The number of aromatic nitrogens is 1. The lowest BCUT2D eigenvalue weighted by Crippen LogP contribution is -2.41. The normalized spacial score (nSPS) is 17.7. The number of carbonyl (C=O) groups excluding carboxylic acids is 1. The average Bonchev–Trinajstić information content (AvgIpc) is 2.81. The molecule has 0 radical (unpaired) electrons. The second-order valence-electron chi connectivity index (χ2n) is 5.68. The highest BCUT2D eigenvalue weighted by molar-refractivity contribution is 5.96. The zero-order valence-electron chi connectivity index (χ0n) is 12.6. The van der Waals surface area contributed by atoms with Crippen LogP contribution in [0.2, 0.25) is 0 Å². The Kier molecular flexibility index (Phi) is 3.32. The second-order valence-corrected chi connectivity index (χ2v) is 5.68. The minimum Gasteiger partial charge on any atom is -0.345 e. The van der Waals surface area contributed by atoms with E-state index in [1.807, 2.05) is 11.8 Å². The van der Waals surface area contributed by atoms with Crippen molar-refractivity contribution >= 4 is 5.91 Å². The third-order valence-electron chi connectivity index (χ3n) is 4.37. The van der Waals surface area contributed by atoms with Crippen molar-refractivity contribution in [2.24, 2.45) is 0 Å². The summed E-state index contributed by atoms with van der Waals surface area (Å²) in [5.74, 6) is -0.328. The lowest BCUT2D eigenvalue weighted by molar-refractivity contribution is 0.0642. The van der Waals surface area contributed by atoms with Crippen LogP contribution in [0.4, 0.5) is 4.39 Å². The van der Waals surface area contributed by atoms with Gasteiger partial charge < -0.3 is 9.47 Å². The first kappa shape index (κ1) is 13.9. The van der Waals surface area contributed by atoms with Gasteiger partial charge in [0, 0.05) is 30.0 Å². The molecule has 0 aliphatic carbocycles. The van der Waals surface area contributed by atoms with Gasteiger partial charge in [-0.3, -0.25) is 4.79 Å². The molecule has 0 saturated carbocycles. The average molecular weight is 286 g/mol. The molecule has 21 heavy (non-hydrogen) atoms. The van der Waals surface area contributed by atoms with Crippen molar-refractivity contribution in [3.05, 3.63) is 58.7 Å². The minimum atomic E-state index is -0.305. The number of nitrogens with zero attached hydrogens (tertiary/aromatic N) is 2. The van der Waals surface area contributed by atoms with Crippen LogP contribution < -0.4 is 0 Å². The Morgan fingerprint density at radius 3 is 2.67 bits per heavy atom. The molecular formula is C17H19FN2O. The highest BCUT2D eigenvalue weighted by Crippen LogP contribution is 2.29. The van der Waals surface area contributed by atoms with Crippen molar-refractivity contribution in [2.75, 3.05) is 6.54 Å². The number of carbonyl (C=O) groups is 1. The second kappa shape index (κ2) is 5.02. The molecule has 0 saturated heterocycles. The maximum absolute atomic E-state index is 13.2. The van der Waals surface area contributed by atoms with Crippen molar-refractivity contribution < 1.29 is 9.18 Å². The van der Waals surface area contributed by atoms with E-state index in [-0.39, 0.29) is 17.8 Å². The van der Waals surface area contributed by atoms with Gasteiger partial charge in [-0.1, -0.05) is 0 Å². The summed E-state index contributed by atoms with van der Waals surface area (Å²) >= 11 is 0. The summed E-state index contributed by atoms with van der Waals surface area (Å²) in [6, 6.07) is 8.54. The van der Waals surface area contributed by atoms with E-state index >= 15 is 0 Å². The molecule has 1 aromatic carbocycles. The summed E-state index contributed by atoms with van der Waals surface area (Å²) in [6.45, 7) is 7.39. The van der Waals surface area contributed by atoms with Crippen LogP contribution in [0.15, 0.2) is 30.3 Å². The SMILES string of the molecule is Cc1cc(F)ccc1C(=O)N1CCn2c(C)ccc2C1C. The molecule has 1 aliphatic heterocycles. The smallest absolute Gasteiger partial charge is 0.254 e. The quantitative estimate of drug-likeness (QED) is 0.788. The molecular weight excluding hydrogens is 267 g/mol. The Hall–Kier alpha value is -2.10. The van der Waals surface area contributed by atoms with E-state index in [0.717, 1.165) is 12.2 Å². The molecule has 1 unspecified atom stereocenters. The zero-order chi connectivity index (χ0) is 15.1. The van der Waals surface area contributed by atoms with E-state index in [2.05, 4.69) is 23.6 Å². The molecule has 110 valence electrons. The van der Waals surface area contributed by atoms with Gasteiger partial charge in [0.1, 0.15) is 5.82 Å². The molecule has 3 rings (SSSR count). The van der Waals surface area contributed by atoms with Gasteiger partial charge in [-0.15, -0.1) is 0 Å². The maximum atomic E-state index is 13.2. The summed E-state index contributed by atoms with van der Waals surface area (Å²) in [7, 11) is 0. The van der Waals surface area contributed by atoms with Gasteiger partial charge in [0.05, 0.1) is 6.04 Å². The minimum absolute atomic E-state index is 0.0231. The number of aryl methyl sites for hydroxylation is 2. The molecule has 1 atom stereocenters. The highest BCUT2D eigenvalue weighted by Gasteiger charge is 2.29. The number of hydrogen-bond acceptors (Lipinski definition) is 1. The van der Waals surface area contributed by atoms with Crippen LogP contribution in [-0.2, 0) is 6.54 Å². The Bertz CT molecular complexity index is 705. The molecule has 0 bridgehead atoms. The Balaban J connectivity index is 1.93. The van der Waals surface area contributed by atoms with E-state index in [1.54, 1.807) is 13.0 Å². The number of amides is 1. The standard InChI is InChI=1S/C17H19FN2O/c1-11-10-14(18)5-6-15(11)17(21)20-9-8-19-12(2)4-7-16(19)13(20)3/h4-7,10,13H,8-9H2,1-3H3. The molecule has 3 nitrogen and oxygen atoms in total. The van der Waals surface area contributed by atoms with Crippen LogP contribution in [-0.4, -0.2) is 21.9 Å². The van der Waals surface area contributed by atoms with E-state index in [4.69, 9.17) is 0 Å². The predicted octanol–water partition coefficient (Wildman–Crippen LogP) is 3.46. The van der Waals surface area contributed by atoms with Crippen molar-refractivity contribution in [3.8, 4) is 0 Å². The largest absolute Gasteiger partial charge is 0.345 e. The van der Waals surface area contributed by atoms with Crippen molar-refractivity contribution in [1.29, 1.82) is 0 Å². The van der Waals surface area contributed by atoms with E-state index in [0.29, 0.717) is 17.7 Å². The van der Waals surface area contributed by atoms with Crippen molar-refractivity contribution in [3.63, 3.8) is 0 Å². The fraction of sp³-hybridized carbons (Fsp3) is 0.353. The molecule has 1 aliphatic rings. The van der Waals surface area contributed by atoms with Gasteiger partial charge in [-0.25, -0.2) is 4.39 Å². The summed E-state index contributed by atoms with van der Waals surface area (Å²) < 4.78 is 15.5. The summed E-state index contributed by atoms with van der Waals surface area (Å²) in [5, 5.41) is 0. The molecule has 0 N–H and O–H groups in total. The third-order valence-corrected chi connectivity index (χ3v) is 4.37. The van der Waals surface area contributed by atoms with Gasteiger partial charge >= 0.3 is 0 Å². The first-order valence-corrected chi connectivity index (χ1v) is 7.22. The Morgan fingerprint density at radius 2 is 1.95 bits per heavy atom. The molecule has 0 fully saturated rings. The fourth-order valence-corrected chi connectivity index (χ4v) is 3.12. The lowest BCUT2D eigenvalue weighted by atomic mass is 10.0. The zero-order valence-corrected chi connectivity index (χ0v) is 12.6. The monoisotopic (exact) mass is 286 g/mol. The molecule has 2 heterocycles. The number of halogens is 1. The number of rotatable bonds is 1. The molecule has 1 aromatic heterocycles. The molecule has 0 spiro atoms. The van der Waals surface area contributed by atoms with Gasteiger partial charge in [0.25, 0.3) is 5.91 Å². The van der Waals surface area contributed by atoms with Crippen molar-refractivity contribution in [1.82, 2.24) is 9.47 Å². The van der Waals surface area contributed by atoms with Crippen LogP contribution in [0.25, 0.3) is 0 Å². The van der Waals surface area contributed by atoms with Crippen molar-refractivity contribution in [2.45, 2.75) is 33.4 Å². The number of fused-ring (bicyclic) bond motifs is 1. The fourth-order valence-electron chi connectivity index (χ4n) is 3.12. The highest BCUT2D eigenvalue weighted by atomic mass is 19.1. The maximum Gasteiger partial charge on any atom is 0.254 e. The first-order chi connectivity index (χ1) is 9.99. The van der Waals surface area contributed by atoms with E-state index < -0.39 is 0 Å². The van der Waals surface area contributed by atoms with Gasteiger partial charge in [0.15, 0.2) is 0 Å². The predicted molar refractivity (Wildman–Crippen MR) is 79.8 cm³/mol. The van der Waals surface area contributed by atoms with Crippen LogP contribution in [0, 0.1) is 19.7 Å². The lowest BCUT2D eigenvalue weighted by Gasteiger charge is -2.35. The first-order valence-electron chi connectivity index (χ1n) is 7.22. The molecule has 2 aromatic rings.